The Morgan fingerprint density at radius 2 is 2.24 bits per heavy atom. The molecule has 2 heterocycles. The van der Waals surface area contributed by atoms with Crippen molar-refractivity contribution >= 4 is 11.3 Å². The number of rotatable bonds is 5. The highest BCUT2D eigenvalue weighted by Crippen LogP contribution is 2.26. The minimum Gasteiger partial charge on any atom is -0.310 e. The van der Waals surface area contributed by atoms with Crippen LogP contribution >= 0.6 is 11.3 Å². The molecule has 0 atom stereocenters. The molecular weight excluding hydrogens is 230 g/mol. The highest BCUT2D eigenvalue weighted by molar-refractivity contribution is 7.10. The second kappa shape index (κ2) is 5.38. The van der Waals surface area contributed by atoms with Crippen LogP contribution in [0.25, 0.3) is 0 Å². The third kappa shape index (κ3) is 3.35. The van der Waals surface area contributed by atoms with Gasteiger partial charge in [0.1, 0.15) is 6.33 Å². The fraction of sp³-hybridized carbons (Fsp3) is 0.385. The highest BCUT2D eigenvalue weighted by Gasteiger charge is 2.20. The van der Waals surface area contributed by atoms with Gasteiger partial charge in [0, 0.05) is 29.6 Å². The van der Waals surface area contributed by atoms with Crippen molar-refractivity contribution in [3.8, 4) is 0 Å². The summed E-state index contributed by atoms with van der Waals surface area (Å²) < 4.78 is 0. The molecule has 0 aliphatic carbocycles. The Balaban J connectivity index is 1.86. The number of aromatic nitrogens is 2. The van der Waals surface area contributed by atoms with Gasteiger partial charge in [0.05, 0.1) is 5.69 Å². The zero-order valence-corrected chi connectivity index (χ0v) is 11.0. The third-order valence-corrected chi connectivity index (χ3v) is 3.94. The van der Waals surface area contributed by atoms with Crippen LogP contribution < -0.4 is 5.32 Å². The highest BCUT2D eigenvalue weighted by atomic mass is 32.1. The molecule has 0 aliphatic heterocycles. The van der Waals surface area contributed by atoms with E-state index in [1.807, 2.05) is 17.4 Å². The average molecular weight is 247 g/mol. The van der Waals surface area contributed by atoms with Crippen molar-refractivity contribution in [3.05, 3.63) is 46.7 Å². The van der Waals surface area contributed by atoms with E-state index in [0.717, 1.165) is 18.8 Å². The molecule has 0 spiro atoms. The molecule has 2 aromatic heterocycles. The molecule has 0 saturated heterocycles. The SMILES string of the molecule is CC(C)(CNCc1ccncn1)c1cccs1. The van der Waals surface area contributed by atoms with Crippen molar-refractivity contribution in [2.75, 3.05) is 6.54 Å². The molecule has 2 rings (SSSR count). The third-order valence-electron chi connectivity index (χ3n) is 2.70. The molecule has 0 bridgehead atoms. The van der Waals surface area contributed by atoms with Crippen LogP contribution in [0.1, 0.15) is 24.4 Å². The summed E-state index contributed by atoms with van der Waals surface area (Å²) in [6.07, 6.45) is 3.36. The predicted molar refractivity (Wildman–Crippen MR) is 71.1 cm³/mol. The van der Waals surface area contributed by atoms with Crippen LogP contribution in [-0.2, 0) is 12.0 Å². The van der Waals surface area contributed by atoms with Crippen LogP contribution in [-0.4, -0.2) is 16.5 Å². The van der Waals surface area contributed by atoms with E-state index >= 15 is 0 Å². The first-order valence-corrected chi connectivity index (χ1v) is 6.56. The van der Waals surface area contributed by atoms with Crippen molar-refractivity contribution < 1.29 is 0 Å². The molecular formula is C13H17N3S. The summed E-state index contributed by atoms with van der Waals surface area (Å²) in [6.45, 7) is 6.24. The van der Waals surface area contributed by atoms with E-state index in [1.54, 1.807) is 12.5 Å². The minimum absolute atomic E-state index is 0.168. The molecule has 0 unspecified atom stereocenters. The zero-order chi connectivity index (χ0) is 12.1. The van der Waals surface area contributed by atoms with E-state index in [2.05, 4.69) is 46.6 Å². The van der Waals surface area contributed by atoms with E-state index in [4.69, 9.17) is 0 Å². The summed E-state index contributed by atoms with van der Waals surface area (Å²) in [5, 5.41) is 5.57. The lowest BCUT2D eigenvalue weighted by atomic mass is 9.91. The monoisotopic (exact) mass is 247 g/mol. The Morgan fingerprint density at radius 3 is 2.88 bits per heavy atom. The first-order valence-electron chi connectivity index (χ1n) is 5.68. The zero-order valence-electron chi connectivity index (χ0n) is 10.2. The predicted octanol–water partition coefficient (Wildman–Crippen LogP) is 2.61. The van der Waals surface area contributed by atoms with Gasteiger partial charge in [-0.1, -0.05) is 19.9 Å². The second-order valence-electron chi connectivity index (χ2n) is 4.67. The van der Waals surface area contributed by atoms with Gasteiger partial charge < -0.3 is 5.32 Å². The second-order valence-corrected chi connectivity index (χ2v) is 5.61. The van der Waals surface area contributed by atoms with E-state index in [9.17, 15) is 0 Å². The summed E-state index contributed by atoms with van der Waals surface area (Å²) in [7, 11) is 0. The summed E-state index contributed by atoms with van der Waals surface area (Å²) in [5.41, 5.74) is 1.20. The molecule has 2 aromatic rings. The normalized spacial score (nSPS) is 11.6. The van der Waals surface area contributed by atoms with Gasteiger partial charge in [0.25, 0.3) is 0 Å². The van der Waals surface area contributed by atoms with E-state index in [0.29, 0.717) is 0 Å². The number of nitrogens with zero attached hydrogens (tertiary/aromatic N) is 2. The first kappa shape index (κ1) is 12.2. The molecule has 0 fully saturated rings. The number of nitrogens with one attached hydrogen (secondary N) is 1. The standard InChI is InChI=1S/C13H17N3S/c1-13(2,12-4-3-7-17-12)9-15-8-11-5-6-14-10-16-11/h3-7,10,15H,8-9H2,1-2H3. The molecule has 3 nitrogen and oxygen atoms in total. The molecule has 90 valence electrons. The Hall–Kier alpha value is -1.26. The lowest BCUT2D eigenvalue weighted by Crippen LogP contribution is -2.32. The lowest BCUT2D eigenvalue weighted by Gasteiger charge is -2.23. The minimum atomic E-state index is 0.168. The maximum absolute atomic E-state index is 4.19. The van der Waals surface area contributed by atoms with Crippen LogP contribution in [0.3, 0.4) is 0 Å². The maximum Gasteiger partial charge on any atom is 0.115 e. The van der Waals surface area contributed by atoms with Gasteiger partial charge in [-0.3, -0.25) is 0 Å². The average Bonchev–Trinajstić information content (AvgIpc) is 2.84. The van der Waals surface area contributed by atoms with Crippen LogP contribution in [0.5, 0.6) is 0 Å². The molecule has 1 N–H and O–H groups in total. The van der Waals surface area contributed by atoms with Gasteiger partial charge in [-0.05, 0) is 17.5 Å². The van der Waals surface area contributed by atoms with Crippen LogP contribution in [0, 0.1) is 0 Å². The number of hydrogen-bond acceptors (Lipinski definition) is 4. The van der Waals surface area contributed by atoms with Crippen molar-refractivity contribution in [1.82, 2.24) is 15.3 Å². The van der Waals surface area contributed by atoms with Crippen LogP contribution in [0.2, 0.25) is 0 Å². The summed E-state index contributed by atoms with van der Waals surface area (Å²) in [4.78, 5) is 9.51. The van der Waals surface area contributed by atoms with Gasteiger partial charge in [-0.25, -0.2) is 9.97 Å². The van der Waals surface area contributed by atoms with E-state index in [1.165, 1.54) is 4.88 Å². The quantitative estimate of drug-likeness (QED) is 0.882. The van der Waals surface area contributed by atoms with E-state index in [-0.39, 0.29) is 5.41 Å². The summed E-state index contributed by atoms with van der Waals surface area (Å²) in [5.74, 6) is 0. The van der Waals surface area contributed by atoms with Gasteiger partial charge in [-0.15, -0.1) is 11.3 Å². The number of hydrogen-bond donors (Lipinski definition) is 1. The van der Waals surface area contributed by atoms with Crippen molar-refractivity contribution in [2.24, 2.45) is 0 Å². The van der Waals surface area contributed by atoms with Gasteiger partial charge in [0.15, 0.2) is 0 Å². The molecule has 17 heavy (non-hydrogen) atoms. The van der Waals surface area contributed by atoms with Gasteiger partial charge in [-0.2, -0.15) is 0 Å². The van der Waals surface area contributed by atoms with Crippen LogP contribution in [0.15, 0.2) is 36.1 Å². The molecule has 4 heteroatoms. The van der Waals surface area contributed by atoms with Gasteiger partial charge >= 0.3 is 0 Å². The Labute approximate surface area is 106 Å². The molecule has 0 amide bonds. The topological polar surface area (TPSA) is 37.8 Å². The molecule has 0 aromatic carbocycles. The maximum atomic E-state index is 4.19. The van der Waals surface area contributed by atoms with Crippen molar-refractivity contribution in [3.63, 3.8) is 0 Å². The summed E-state index contributed by atoms with van der Waals surface area (Å²) in [6, 6.07) is 6.23. The van der Waals surface area contributed by atoms with E-state index < -0.39 is 0 Å². The smallest absolute Gasteiger partial charge is 0.115 e. The molecule has 0 aliphatic rings. The number of thiophene rings is 1. The Morgan fingerprint density at radius 1 is 1.35 bits per heavy atom. The van der Waals surface area contributed by atoms with Crippen molar-refractivity contribution in [2.45, 2.75) is 25.8 Å². The lowest BCUT2D eigenvalue weighted by molar-refractivity contribution is 0.474. The molecule has 0 saturated carbocycles. The summed E-state index contributed by atoms with van der Waals surface area (Å²) >= 11 is 1.81. The largest absolute Gasteiger partial charge is 0.310 e. The first-order chi connectivity index (χ1) is 8.18. The molecule has 0 radical (unpaired) electrons. The Kier molecular flexibility index (Phi) is 3.86. The van der Waals surface area contributed by atoms with Gasteiger partial charge in [0.2, 0.25) is 0 Å². The Bertz CT molecular complexity index is 437. The van der Waals surface area contributed by atoms with Crippen LogP contribution in [0.4, 0.5) is 0 Å². The van der Waals surface area contributed by atoms with Crippen molar-refractivity contribution in [1.29, 1.82) is 0 Å². The fourth-order valence-corrected chi connectivity index (χ4v) is 2.53. The fourth-order valence-electron chi connectivity index (χ4n) is 1.68.